The Morgan fingerprint density at radius 3 is 2.74 bits per heavy atom. The maximum Gasteiger partial charge on any atom is 0.211 e. The first-order chi connectivity index (χ1) is 8.84. The Kier molecular flexibility index (Phi) is 7.14. The molecule has 6 heteroatoms. The van der Waals surface area contributed by atoms with Gasteiger partial charge in [-0.05, 0) is 38.5 Å². The highest BCUT2D eigenvalue weighted by molar-refractivity contribution is 7.99. The lowest BCUT2D eigenvalue weighted by atomic mass is 9.99. The van der Waals surface area contributed by atoms with Gasteiger partial charge in [0.15, 0.2) is 0 Å². The second-order valence-electron chi connectivity index (χ2n) is 5.58. The molecule has 1 fully saturated rings. The summed E-state index contributed by atoms with van der Waals surface area (Å²) < 4.78 is 24.8. The molecular weight excluding hydrogens is 280 g/mol. The van der Waals surface area contributed by atoms with E-state index in [1.165, 1.54) is 6.26 Å². The Bertz CT molecular complexity index is 360. The summed E-state index contributed by atoms with van der Waals surface area (Å²) in [6, 6.07) is 0.554. The van der Waals surface area contributed by atoms with Gasteiger partial charge in [-0.1, -0.05) is 6.92 Å². The van der Waals surface area contributed by atoms with Gasteiger partial charge in [-0.2, -0.15) is 11.8 Å². The van der Waals surface area contributed by atoms with Crippen LogP contribution in [-0.4, -0.2) is 68.1 Å². The van der Waals surface area contributed by atoms with Gasteiger partial charge in [-0.15, -0.1) is 0 Å². The van der Waals surface area contributed by atoms with E-state index in [2.05, 4.69) is 25.8 Å². The summed E-state index contributed by atoms with van der Waals surface area (Å²) in [5.74, 6) is 2.78. The van der Waals surface area contributed by atoms with Crippen molar-refractivity contribution >= 4 is 21.8 Å². The van der Waals surface area contributed by atoms with Gasteiger partial charge >= 0.3 is 0 Å². The number of hydrogen-bond acceptors (Lipinski definition) is 4. The number of rotatable bonds is 7. The molecule has 4 nitrogen and oxygen atoms in total. The molecule has 0 aromatic rings. The fraction of sp³-hybridized carbons (Fsp3) is 1.00. The van der Waals surface area contributed by atoms with Gasteiger partial charge in [0.05, 0.1) is 6.26 Å². The van der Waals surface area contributed by atoms with Crippen molar-refractivity contribution in [2.45, 2.75) is 32.7 Å². The third-order valence-electron chi connectivity index (χ3n) is 3.81. The van der Waals surface area contributed by atoms with Crippen molar-refractivity contribution < 1.29 is 8.42 Å². The molecule has 1 saturated heterocycles. The number of hydrogen-bond donors (Lipinski definition) is 0. The predicted molar refractivity (Wildman–Crippen MR) is 84.2 cm³/mol. The van der Waals surface area contributed by atoms with Crippen molar-refractivity contribution in [2.75, 3.05) is 44.4 Å². The molecule has 19 heavy (non-hydrogen) atoms. The van der Waals surface area contributed by atoms with Crippen LogP contribution < -0.4 is 0 Å². The summed E-state index contributed by atoms with van der Waals surface area (Å²) in [4.78, 5) is 2.37. The minimum Gasteiger partial charge on any atom is -0.303 e. The van der Waals surface area contributed by atoms with Gasteiger partial charge in [0.2, 0.25) is 10.0 Å². The SMILES string of the molecule is CCSC[C@H](C)N(C)C[C@@H]1CCCN(S(C)(=O)=O)C1. The quantitative estimate of drug-likeness (QED) is 0.718. The molecule has 0 aromatic carbocycles. The fourth-order valence-corrected chi connectivity index (χ4v) is 4.25. The van der Waals surface area contributed by atoms with Crippen molar-refractivity contribution in [3.63, 3.8) is 0 Å². The maximum atomic E-state index is 11.6. The first-order valence-electron chi connectivity index (χ1n) is 7.07. The number of thioether (sulfide) groups is 1. The third kappa shape index (κ3) is 6.02. The second kappa shape index (κ2) is 7.86. The van der Waals surface area contributed by atoms with E-state index < -0.39 is 10.0 Å². The van der Waals surface area contributed by atoms with Crippen molar-refractivity contribution in [2.24, 2.45) is 5.92 Å². The van der Waals surface area contributed by atoms with Crippen LogP contribution in [0.4, 0.5) is 0 Å². The van der Waals surface area contributed by atoms with Crippen molar-refractivity contribution in [1.82, 2.24) is 9.21 Å². The molecular formula is C13H28N2O2S2. The molecule has 1 rings (SSSR count). The van der Waals surface area contributed by atoms with Gasteiger partial charge in [-0.25, -0.2) is 12.7 Å². The largest absolute Gasteiger partial charge is 0.303 e. The molecule has 0 amide bonds. The molecule has 0 aliphatic carbocycles. The summed E-state index contributed by atoms with van der Waals surface area (Å²) in [6.45, 7) is 6.82. The molecule has 0 saturated carbocycles. The average molecular weight is 309 g/mol. The van der Waals surface area contributed by atoms with E-state index in [4.69, 9.17) is 0 Å². The lowest BCUT2D eigenvalue weighted by Crippen LogP contribution is -2.44. The van der Waals surface area contributed by atoms with E-state index in [0.717, 1.165) is 30.9 Å². The minimum absolute atomic E-state index is 0.475. The van der Waals surface area contributed by atoms with E-state index in [9.17, 15) is 8.42 Å². The second-order valence-corrected chi connectivity index (χ2v) is 8.88. The van der Waals surface area contributed by atoms with Crippen LogP contribution >= 0.6 is 11.8 Å². The van der Waals surface area contributed by atoms with Gasteiger partial charge in [0.25, 0.3) is 0 Å². The first kappa shape index (κ1) is 17.3. The van der Waals surface area contributed by atoms with Crippen LogP contribution in [0.2, 0.25) is 0 Å². The summed E-state index contributed by atoms with van der Waals surface area (Å²) in [6.07, 6.45) is 3.45. The highest BCUT2D eigenvalue weighted by Gasteiger charge is 2.27. The van der Waals surface area contributed by atoms with E-state index in [1.54, 1.807) is 4.31 Å². The van der Waals surface area contributed by atoms with Gasteiger partial charge in [0, 0.05) is 31.4 Å². The van der Waals surface area contributed by atoms with Crippen LogP contribution in [0.25, 0.3) is 0 Å². The van der Waals surface area contributed by atoms with Crippen LogP contribution in [0.1, 0.15) is 26.7 Å². The Labute approximate surface area is 123 Å². The predicted octanol–water partition coefficient (Wildman–Crippen LogP) is 1.73. The molecule has 2 atom stereocenters. The maximum absolute atomic E-state index is 11.6. The molecule has 1 aliphatic heterocycles. The summed E-state index contributed by atoms with van der Waals surface area (Å²) >= 11 is 1.96. The van der Waals surface area contributed by atoms with Gasteiger partial charge < -0.3 is 4.90 Å². The highest BCUT2D eigenvalue weighted by atomic mass is 32.2. The number of piperidine rings is 1. The molecule has 0 bridgehead atoms. The minimum atomic E-state index is -3.02. The Hall–Kier alpha value is 0.220. The monoisotopic (exact) mass is 308 g/mol. The lowest BCUT2D eigenvalue weighted by molar-refractivity contribution is 0.179. The Morgan fingerprint density at radius 2 is 2.16 bits per heavy atom. The zero-order valence-corrected chi connectivity index (χ0v) is 14.3. The zero-order chi connectivity index (χ0) is 14.5. The molecule has 0 radical (unpaired) electrons. The molecule has 0 unspecified atom stereocenters. The van der Waals surface area contributed by atoms with Crippen LogP contribution in [-0.2, 0) is 10.0 Å². The first-order valence-corrected chi connectivity index (χ1v) is 10.1. The molecule has 0 N–H and O–H groups in total. The molecule has 0 spiro atoms. The fourth-order valence-electron chi connectivity index (χ4n) is 2.48. The van der Waals surface area contributed by atoms with Crippen molar-refractivity contribution in [3.8, 4) is 0 Å². The molecule has 114 valence electrons. The normalized spacial score (nSPS) is 23.7. The van der Waals surface area contributed by atoms with Crippen LogP contribution in [0.15, 0.2) is 0 Å². The third-order valence-corrected chi connectivity index (χ3v) is 6.21. The van der Waals surface area contributed by atoms with Crippen molar-refractivity contribution in [3.05, 3.63) is 0 Å². The molecule has 1 heterocycles. The zero-order valence-electron chi connectivity index (χ0n) is 12.6. The van der Waals surface area contributed by atoms with E-state index in [-0.39, 0.29) is 0 Å². The Balaban J connectivity index is 2.43. The highest BCUT2D eigenvalue weighted by Crippen LogP contribution is 2.20. The van der Waals surface area contributed by atoms with Crippen LogP contribution in [0.5, 0.6) is 0 Å². The van der Waals surface area contributed by atoms with Gasteiger partial charge in [0.1, 0.15) is 0 Å². The van der Waals surface area contributed by atoms with E-state index in [0.29, 0.717) is 25.0 Å². The standard InChI is InChI=1S/C13H28N2O2S2/c1-5-18-11-12(2)14(3)9-13-7-6-8-15(10-13)19(4,16)17/h12-13H,5-11H2,1-4H3/t12-,13-/m0/s1. The summed E-state index contributed by atoms with van der Waals surface area (Å²) in [5.41, 5.74) is 0. The van der Waals surface area contributed by atoms with E-state index in [1.807, 2.05) is 11.8 Å². The smallest absolute Gasteiger partial charge is 0.211 e. The molecule has 1 aliphatic rings. The van der Waals surface area contributed by atoms with E-state index >= 15 is 0 Å². The molecule has 0 aromatic heterocycles. The topological polar surface area (TPSA) is 40.6 Å². The Morgan fingerprint density at radius 1 is 1.47 bits per heavy atom. The summed E-state index contributed by atoms with van der Waals surface area (Å²) in [7, 11) is -0.865. The van der Waals surface area contributed by atoms with Crippen molar-refractivity contribution in [1.29, 1.82) is 0 Å². The van der Waals surface area contributed by atoms with Gasteiger partial charge in [-0.3, -0.25) is 0 Å². The number of nitrogens with zero attached hydrogens (tertiary/aromatic N) is 2. The number of sulfonamides is 1. The van der Waals surface area contributed by atoms with Crippen LogP contribution in [0.3, 0.4) is 0 Å². The lowest BCUT2D eigenvalue weighted by Gasteiger charge is -2.35. The van der Waals surface area contributed by atoms with Crippen LogP contribution in [0, 0.1) is 5.92 Å². The summed E-state index contributed by atoms with van der Waals surface area (Å²) in [5, 5.41) is 0. The average Bonchev–Trinajstić information content (AvgIpc) is 2.35.